The minimum Gasteiger partial charge on any atom is -0.370 e. The van der Waals surface area contributed by atoms with E-state index in [1.807, 2.05) is 0 Å². The third kappa shape index (κ3) is 4.00. The molecule has 2 aromatic rings. The molecule has 3 rings (SSSR count). The second-order valence-electron chi connectivity index (χ2n) is 6.48. The van der Waals surface area contributed by atoms with Crippen LogP contribution in [0.5, 0.6) is 0 Å². The molecule has 134 valence electrons. The highest BCUT2D eigenvalue weighted by Gasteiger charge is 2.14. The van der Waals surface area contributed by atoms with Crippen LogP contribution in [0.4, 0.5) is 5.69 Å². The number of hydrogen-bond donors (Lipinski definition) is 2. The maximum Gasteiger partial charge on any atom is 0.193 e. The normalized spacial score (nSPS) is 14.9. The Morgan fingerprint density at radius 2 is 1.92 bits per heavy atom. The second-order valence-corrected chi connectivity index (χ2v) is 6.48. The summed E-state index contributed by atoms with van der Waals surface area (Å²) >= 11 is 0. The number of para-hydroxylation sites is 1. The lowest BCUT2D eigenvalue weighted by Crippen LogP contribution is -2.24. The largest absolute Gasteiger partial charge is 0.370 e. The Kier molecular flexibility index (Phi) is 5.68. The van der Waals surface area contributed by atoms with Gasteiger partial charge in [-0.15, -0.1) is 10.2 Å². The summed E-state index contributed by atoms with van der Waals surface area (Å²) in [6.07, 6.45) is 6.55. The van der Waals surface area contributed by atoms with Crippen LogP contribution in [-0.2, 0) is 32.4 Å². The Labute approximate surface area is 149 Å². The van der Waals surface area contributed by atoms with E-state index in [9.17, 15) is 0 Å². The van der Waals surface area contributed by atoms with Crippen LogP contribution in [0.1, 0.15) is 55.9 Å². The molecule has 0 fully saturated rings. The molecule has 0 aliphatic carbocycles. The topological polar surface area (TPSA) is 81.1 Å². The van der Waals surface area contributed by atoms with Gasteiger partial charge in [0.05, 0.1) is 0 Å². The Morgan fingerprint density at radius 3 is 2.64 bits per heavy atom. The standard InChI is InChI=1S/C19H28N6/c1-3-14-9-8-10-15(4-2)18(14)22-19(20)21-13-17-24-23-16-11-6-5-7-12-25(16)17/h8-10H,3-7,11-13H2,1-2H3,(H3,20,21,22). The van der Waals surface area contributed by atoms with Crippen molar-refractivity contribution in [2.45, 2.75) is 65.5 Å². The third-order valence-corrected chi connectivity index (χ3v) is 4.83. The van der Waals surface area contributed by atoms with E-state index in [4.69, 9.17) is 5.73 Å². The predicted molar refractivity (Wildman–Crippen MR) is 102 cm³/mol. The zero-order valence-electron chi connectivity index (χ0n) is 15.3. The fourth-order valence-electron chi connectivity index (χ4n) is 3.39. The first-order valence-electron chi connectivity index (χ1n) is 9.31. The predicted octanol–water partition coefficient (Wildman–Crippen LogP) is 3.06. The SMILES string of the molecule is CCc1cccc(CC)c1NC(N)=NCc1nnc2n1CCCCC2. The number of rotatable bonds is 5. The van der Waals surface area contributed by atoms with Gasteiger partial charge in [0.1, 0.15) is 12.4 Å². The Balaban J connectivity index is 1.74. The van der Waals surface area contributed by atoms with Crippen molar-refractivity contribution < 1.29 is 0 Å². The summed E-state index contributed by atoms with van der Waals surface area (Å²) in [6.45, 7) is 5.75. The van der Waals surface area contributed by atoms with E-state index in [0.717, 1.165) is 43.1 Å². The minimum absolute atomic E-state index is 0.432. The van der Waals surface area contributed by atoms with Crippen LogP contribution in [-0.4, -0.2) is 20.7 Å². The van der Waals surface area contributed by atoms with Crippen LogP contribution in [0.2, 0.25) is 0 Å². The average molecular weight is 340 g/mol. The number of nitrogens with zero attached hydrogens (tertiary/aromatic N) is 4. The number of fused-ring (bicyclic) bond motifs is 1. The summed E-state index contributed by atoms with van der Waals surface area (Å²) in [5.74, 6) is 2.42. The van der Waals surface area contributed by atoms with Gasteiger partial charge in [-0.05, 0) is 36.8 Å². The van der Waals surface area contributed by atoms with Crippen molar-refractivity contribution in [2.75, 3.05) is 5.32 Å². The number of nitrogens with two attached hydrogens (primary N) is 1. The molecule has 2 heterocycles. The molecule has 1 aliphatic heterocycles. The molecule has 1 aromatic carbocycles. The van der Waals surface area contributed by atoms with E-state index in [1.165, 1.54) is 30.4 Å². The molecule has 6 heteroatoms. The highest BCUT2D eigenvalue weighted by molar-refractivity contribution is 5.93. The van der Waals surface area contributed by atoms with Crippen LogP contribution in [0.25, 0.3) is 0 Å². The van der Waals surface area contributed by atoms with Crippen LogP contribution >= 0.6 is 0 Å². The number of hydrogen-bond acceptors (Lipinski definition) is 3. The summed E-state index contributed by atoms with van der Waals surface area (Å²) in [5.41, 5.74) is 9.77. The van der Waals surface area contributed by atoms with Crippen molar-refractivity contribution in [1.82, 2.24) is 14.8 Å². The third-order valence-electron chi connectivity index (χ3n) is 4.83. The lowest BCUT2D eigenvalue weighted by Gasteiger charge is -2.14. The fraction of sp³-hybridized carbons (Fsp3) is 0.526. The molecule has 0 bridgehead atoms. The summed E-state index contributed by atoms with van der Waals surface area (Å²) < 4.78 is 2.21. The minimum atomic E-state index is 0.432. The maximum absolute atomic E-state index is 6.16. The molecule has 0 spiro atoms. The lowest BCUT2D eigenvalue weighted by atomic mass is 10.0. The van der Waals surface area contributed by atoms with E-state index in [-0.39, 0.29) is 0 Å². The van der Waals surface area contributed by atoms with Crippen LogP contribution in [0.3, 0.4) is 0 Å². The Bertz CT molecular complexity index is 724. The van der Waals surface area contributed by atoms with Crippen LogP contribution < -0.4 is 11.1 Å². The van der Waals surface area contributed by atoms with Gasteiger partial charge in [0, 0.05) is 18.7 Å². The molecule has 0 atom stereocenters. The average Bonchev–Trinajstić information content (AvgIpc) is 2.86. The van der Waals surface area contributed by atoms with E-state index in [0.29, 0.717) is 12.5 Å². The van der Waals surface area contributed by atoms with Crippen molar-refractivity contribution >= 4 is 11.6 Å². The second kappa shape index (κ2) is 8.14. The van der Waals surface area contributed by atoms with E-state index < -0.39 is 0 Å². The molecular weight excluding hydrogens is 312 g/mol. The Morgan fingerprint density at radius 1 is 1.16 bits per heavy atom. The maximum atomic E-state index is 6.16. The van der Waals surface area contributed by atoms with Crippen molar-refractivity contribution in [3.05, 3.63) is 41.0 Å². The first kappa shape index (κ1) is 17.5. The first-order chi connectivity index (χ1) is 12.2. The molecule has 1 aromatic heterocycles. The number of benzene rings is 1. The van der Waals surface area contributed by atoms with Gasteiger partial charge < -0.3 is 15.6 Å². The van der Waals surface area contributed by atoms with Crippen molar-refractivity contribution in [3.8, 4) is 0 Å². The van der Waals surface area contributed by atoms with Gasteiger partial charge in [-0.3, -0.25) is 0 Å². The summed E-state index contributed by atoms with van der Waals surface area (Å²) in [6, 6.07) is 6.36. The molecule has 0 radical (unpaired) electrons. The van der Waals surface area contributed by atoms with Crippen LogP contribution in [0, 0.1) is 0 Å². The molecule has 1 aliphatic rings. The zero-order chi connectivity index (χ0) is 17.6. The number of aliphatic imine (C=N–C) groups is 1. The molecule has 6 nitrogen and oxygen atoms in total. The number of nitrogens with one attached hydrogen (secondary N) is 1. The summed E-state index contributed by atoms with van der Waals surface area (Å²) in [7, 11) is 0. The molecule has 25 heavy (non-hydrogen) atoms. The van der Waals surface area contributed by atoms with Gasteiger partial charge in [-0.1, -0.05) is 38.5 Å². The van der Waals surface area contributed by atoms with Gasteiger partial charge in [-0.2, -0.15) is 0 Å². The van der Waals surface area contributed by atoms with E-state index >= 15 is 0 Å². The lowest BCUT2D eigenvalue weighted by molar-refractivity contribution is 0.606. The molecule has 0 saturated heterocycles. The Hall–Kier alpha value is -2.37. The van der Waals surface area contributed by atoms with Crippen molar-refractivity contribution in [2.24, 2.45) is 10.7 Å². The van der Waals surface area contributed by atoms with Gasteiger partial charge in [0.2, 0.25) is 0 Å². The monoisotopic (exact) mass is 340 g/mol. The highest BCUT2D eigenvalue weighted by atomic mass is 15.3. The van der Waals surface area contributed by atoms with Gasteiger partial charge in [0.25, 0.3) is 0 Å². The molecule has 0 unspecified atom stereocenters. The number of aromatic nitrogens is 3. The fourth-order valence-corrected chi connectivity index (χ4v) is 3.39. The van der Waals surface area contributed by atoms with Gasteiger partial charge in [-0.25, -0.2) is 4.99 Å². The zero-order valence-corrected chi connectivity index (χ0v) is 15.3. The molecular formula is C19H28N6. The number of anilines is 1. The van der Waals surface area contributed by atoms with E-state index in [2.05, 4.69) is 57.1 Å². The summed E-state index contributed by atoms with van der Waals surface area (Å²) in [5, 5.41) is 11.9. The number of guanidine groups is 1. The van der Waals surface area contributed by atoms with Gasteiger partial charge >= 0.3 is 0 Å². The van der Waals surface area contributed by atoms with Crippen molar-refractivity contribution in [1.29, 1.82) is 0 Å². The summed E-state index contributed by atoms with van der Waals surface area (Å²) in [4.78, 5) is 4.51. The molecule has 0 amide bonds. The van der Waals surface area contributed by atoms with Crippen LogP contribution in [0.15, 0.2) is 23.2 Å². The smallest absolute Gasteiger partial charge is 0.193 e. The first-order valence-corrected chi connectivity index (χ1v) is 9.31. The van der Waals surface area contributed by atoms with Crippen molar-refractivity contribution in [3.63, 3.8) is 0 Å². The van der Waals surface area contributed by atoms with Gasteiger partial charge in [0.15, 0.2) is 11.8 Å². The highest BCUT2D eigenvalue weighted by Crippen LogP contribution is 2.22. The molecule has 3 N–H and O–H groups in total. The molecule has 0 saturated carbocycles. The van der Waals surface area contributed by atoms with E-state index in [1.54, 1.807) is 0 Å². The quantitative estimate of drug-likeness (QED) is 0.647. The number of aryl methyl sites for hydroxylation is 3.